The standard InChI is InChI=1S/C50H82O23/c1-5-20(2)6-7-21(15-51)25-14-26(55)32-22-8-9-24-33(57)28(11-13-49(24,3)23(22)10-12-50(25,32)4)67-48-41(65)44(43(31(18-54)70-48)72-47-39(63)37(61)35(59)30(17-53)69-47)73-45-40(64)42(27(56)19-66-45)71-46-38(62)36(60)34(58)29(16-52)68-46/h6-7,9,20-23,25-48,51-65H,5,8,10-19H2,1-4H3/b7-6+/t20-,21+,22+,23-,25+,26-,27+,28-,29+,30+,31+,32+,33+,34-,35-,36-,37-,38+,39+,40-,41+,42+,43+,44+,45-,46-,47-,48+,49+,50+/m0/s1. The van der Waals surface area contributed by atoms with Crippen LogP contribution in [-0.4, -0.2) is 245 Å². The van der Waals surface area contributed by atoms with Crippen molar-refractivity contribution < 1.29 is 114 Å². The summed E-state index contributed by atoms with van der Waals surface area (Å²) in [5, 5.41) is 163. The van der Waals surface area contributed by atoms with Crippen LogP contribution in [0.1, 0.15) is 72.6 Å². The molecule has 0 aromatic heterocycles. The third-order valence-electron chi connectivity index (χ3n) is 18.4. The van der Waals surface area contributed by atoms with Gasteiger partial charge in [-0.05, 0) is 84.5 Å². The Hall–Kier alpha value is -1.44. The third-order valence-corrected chi connectivity index (χ3v) is 18.4. The highest BCUT2D eigenvalue weighted by molar-refractivity contribution is 5.30. The second-order valence-corrected chi connectivity index (χ2v) is 22.5. The van der Waals surface area contributed by atoms with Gasteiger partial charge in [0, 0.05) is 12.5 Å². The molecule has 8 aliphatic rings. The molecule has 0 unspecified atom stereocenters. The van der Waals surface area contributed by atoms with Crippen molar-refractivity contribution in [3.8, 4) is 0 Å². The maximum Gasteiger partial charge on any atom is 0.187 e. The van der Waals surface area contributed by atoms with Crippen molar-refractivity contribution in [2.45, 2.75) is 208 Å². The van der Waals surface area contributed by atoms with Gasteiger partial charge in [-0.15, -0.1) is 0 Å². The average Bonchev–Trinajstić information content (AvgIpc) is 3.65. The SMILES string of the molecule is CC[C@H](C)/C=C/[C@H](CO)[C@H]1C[C@H](O)[C@H]2[C@@H]3CC=C4[C@@H](O)[C@@H](O[C@@H]5O[C@H](CO)[C@@H](O[C@@H]6O[C@H](CO)[C@H](O)[C@H](O)[C@H]6O)[C@H](O[C@@H]6OC[C@@H](O)[C@@H](O[C@@H]7O[C@H](CO)[C@H](O)[C@H](O)[C@H]7O)[C@@H]6O)[C@H]5O)CC[C@]4(C)[C@H]3CC[C@@]21C. The molecule has 23 heteroatoms. The summed E-state index contributed by atoms with van der Waals surface area (Å²) in [5.74, 6) is 0.584. The van der Waals surface area contributed by atoms with Crippen LogP contribution in [0.5, 0.6) is 0 Å². The van der Waals surface area contributed by atoms with Crippen LogP contribution in [0.25, 0.3) is 0 Å². The average molecular weight is 1050 g/mol. The molecule has 0 bridgehead atoms. The summed E-state index contributed by atoms with van der Waals surface area (Å²) in [5.41, 5.74) is 0.0499. The summed E-state index contributed by atoms with van der Waals surface area (Å²) in [6.45, 7) is 5.58. The Kier molecular flexibility index (Phi) is 18.6. The van der Waals surface area contributed by atoms with Crippen molar-refractivity contribution in [3.63, 3.8) is 0 Å². The lowest BCUT2D eigenvalue weighted by Gasteiger charge is -2.59. The van der Waals surface area contributed by atoms with Crippen LogP contribution < -0.4 is 0 Å². The number of ether oxygens (including phenoxy) is 8. The van der Waals surface area contributed by atoms with E-state index >= 15 is 0 Å². The van der Waals surface area contributed by atoms with Gasteiger partial charge in [0.25, 0.3) is 0 Å². The first-order chi connectivity index (χ1) is 34.7. The monoisotopic (exact) mass is 1050 g/mol. The second-order valence-electron chi connectivity index (χ2n) is 22.5. The van der Waals surface area contributed by atoms with Gasteiger partial charge in [0.15, 0.2) is 25.2 Å². The number of allylic oxidation sites excluding steroid dienone is 2. The number of aliphatic hydroxyl groups is 15. The molecule has 7 fully saturated rings. The summed E-state index contributed by atoms with van der Waals surface area (Å²) in [4.78, 5) is 0. The van der Waals surface area contributed by atoms with Crippen molar-refractivity contribution in [3.05, 3.63) is 23.8 Å². The fraction of sp³-hybridized carbons (Fsp3) is 0.920. The summed E-state index contributed by atoms with van der Waals surface area (Å²) < 4.78 is 47.3. The molecule has 8 rings (SSSR count). The van der Waals surface area contributed by atoms with E-state index in [1.165, 1.54) is 0 Å². The molecule has 30 atom stereocenters. The van der Waals surface area contributed by atoms with Crippen LogP contribution in [0.15, 0.2) is 23.8 Å². The van der Waals surface area contributed by atoms with Crippen molar-refractivity contribution in [2.24, 2.45) is 46.3 Å². The predicted molar refractivity (Wildman–Crippen MR) is 248 cm³/mol. The van der Waals surface area contributed by atoms with E-state index in [9.17, 15) is 76.6 Å². The minimum absolute atomic E-state index is 0.00225. The van der Waals surface area contributed by atoms with E-state index in [-0.39, 0.29) is 48.0 Å². The number of rotatable bonds is 16. The Morgan fingerprint density at radius 3 is 1.78 bits per heavy atom. The molecule has 3 saturated carbocycles. The fourth-order valence-electron chi connectivity index (χ4n) is 13.9. The highest BCUT2D eigenvalue weighted by Gasteiger charge is 2.64. The van der Waals surface area contributed by atoms with Crippen LogP contribution in [0.2, 0.25) is 0 Å². The number of aliphatic hydroxyl groups excluding tert-OH is 15. The summed E-state index contributed by atoms with van der Waals surface area (Å²) in [7, 11) is 0. The largest absolute Gasteiger partial charge is 0.396 e. The summed E-state index contributed by atoms with van der Waals surface area (Å²) in [6, 6.07) is 0. The fourth-order valence-corrected chi connectivity index (χ4v) is 13.9. The minimum Gasteiger partial charge on any atom is -0.396 e. The van der Waals surface area contributed by atoms with Gasteiger partial charge in [0.05, 0.1) is 38.6 Å². The van der Waals surface area contributed by atoms with Gasteiger partial charge in [-0.3, -0.25) is 0 Å². The first kappa shape index (κ1) is 57.7. The van der Waals surface area contributed by atoms with Crippen molar-refractivity contribution in [1.82, 2.24) is 0 Å². The molecular weight excluding hydrogens is 969 g/mol. The molecule has 0 aromatic rings. The van der Waals surface area contributed by atoms with Crippen LogP contribution in [0.4, 0.5) is 0 Å². The Morgan fingerprint density at radius 1 is 0.630 bits per heavy atom. The molecule has 0 spiro atoms. The number of hydrogen-bond acceptors (Lipinski definition) is 23. The van der Waals surface area contributed by atoms with Gasteiger partial charge in [-0.1, -0.05) is 52.3 Å². The molecule has 4 aliphatic carbocycles. The van der Waals surface area contributed by atoms with E-state index in [0.717, 1.165) is 24.8 Å². The smallest absolute Gasteiger partial charge is 0.187 e. The molecule has 4 saturated heterocycles. The normalized spacial score (nSPS) is 52.2. The lowest BCUT2D eigenvalue weighted by molar-refractivity contribution is -0.392. The Morgan fingerprint density at radius 2 is 1.19 bits per heavy atom. The lowest BCUT2D eigenvalue weighted by Crippen LogP contribution is -2.67. The number of fused-ring (bicyclic) bond motifs is 5. The first-order valence-electron chi connectivity index (χ1n) is 26.2. The molecule has 0 amide bonds. The van der Waals surface area contributed by atoms with Crippen LogP contribution >= 0.6 is 0 Å². The van der Waals surface area contributed by atoms with E-state index < -0.39 is 167 Å². The lowest BCUT2D eigenvalue weighted by atomic mass is 9.46. The molecule has 23 nitrogen and oxygen atoms in total. The van der Waals surface area contributed by atoms with Crippen LogP contribution in [0.3, 0.4) is 0 Å². The van der Waals surface area contributed by atoms with E-state index in [1.807, 2.05) is 6.08 Å². The van der Waals surface area contributed by atoms with Crippen molar-refractivity contribution in [1.29, 1.82) is 0 Å². The molecule has 0 aromatic carbocycles. The molecular formula is C50H82O23. The zero-order chi connectivity index (χ0) is 53.0. The molecule has 15 N–H and O–H groups in total. The van der Waals surface area contributed by atoms with Gasteiger partial charge < -0.3 is 114 Å². The highest BCUT2D eigenvalue weighted by atomic mass is 16.8. The van der Waals surface area contributed by atoms with Gasteiger partial charge in [-0.25, -0.2) is 0 Å². The Balaban J connectivity index is 1.02. The predicted octanol–water partition coefficient (Wildman–Crippen LogP) is -3.99. The Labute approximate surface area is 424 Å². The van der Waals surface area contributed by atoms with Gasteiger partial charge in [-0.2, -0.15) is 0 Å². The molecule has 4 aliphatic heterocycles. The quantitative estimate of drug-likeness (QED) is 0.0656. The highest BCUT2D eigenvalue weighted by Crippen LogP contribution is 2.67. The van der Waals surface area contributed by atoms with Crippen molar-refractivity contribution in [2.75, 3.05) is 33.0 Å². The van der Waals surface area contributed by atoms with E-state index in [2.05, 4.69) is 39.8 Å². The number of hydrogen-bond donors (Lipinski definition) is 15. The minimum atomic E-state index is -2.00. The van der Waals surface area contributed by atoms with Gasteiger partial charge in [0.2, 0.25) is 0 Å². The maximum absolute atomic E-state index is 12.3. The molecule has 420 valence electrons. The zero-order valence-corrected chi connectivity index (χ0v) is 41.9. The second kappa shape index (κ2) is 23.5. The molecule has 0 radical (unpaired) electrons. The van der Waals surface area contributed by atoms with Crippen LogP contribution in [0, 0.1) is 46.3 Å². The Bertz CT molecular complexity index is 1860. The third kappa shape index (κ3) is 10.8. The zero-order valence-electron chi connectivity index (χ0n) is 41.9. The van der Waals surface area contributed by atoms with Gasteiger partial charge >= 0.3 is 0 Å². The van der Waals surface area contributed by atoms with E-state index in [4.69, 9.17) is 37.9 Å². The summed E-state index contributed by atoms with van der Waals surface area (Å²) >= 11 is 0. The van der Waals surface area contributed by atoms with Gasteiger partial charge in [0.1, 0.15) is 97.7 Å². The topological polar surface area (TPSA) is 377 Å². The molecule has 4 heterocycles. The first-order valence-corrected chi connectivity index (χ1v) is 26.2. The molecule has 73 heavy (non-hydrogen) atoms. The van der Waals surface area contributed by atoms with Crippen LogP contribution in [-0.2, 0) is 37.9 Å². The van der Waals surface area contributed by atoms with Crippen molar-refractivity contribution >= 4 is 0 Å². The summed E-state index contributed by atoms with van der Waals surface area (Å²) in [6.07, 6.45) is -25.2. The van der Waals surface area contributed by atoms with E-state index in [0.29, 0.717) is 25.2 Å². The van der Waals surface area contributed by atoms with E-state index in [1.54, 1.807) is 0 Å². The maximum atomic E-state index is 12.3.